The Kier molecular flexibility index (Phi) is 3.87. The molecule has 25 heavy (non-hydrogen) atoms. The van der Waals surface area contributed by atoms with E-state index in [-0.39, 0.29) is 17.6 Å². The van der Waals surface area contributed by atoms with E-state index in [1.54, 1.807) is 19.2 Å². The van der Waals surface area contributed by atoms with Crippen molar-refractivity contribution in [2.24, 2.45) is 17.8 Å². The molecule has 5 nitrogen and oxygen atoms in total. The standard InChI is InChI=1S/C19H23FN4O/c1-11-6-12(2)24(22-11)17-5-4-14(20)7-13(17)8-23-9-15-16(10-23)18(15)19(25)21-3/h4-7,15-16,18H,8-10H2,1-3H3,(H,21,25)/t15-,16+,18?. The van der Waals surface area contributed by atoms with Crippen LogP contribution in [0.5, 0.6) is 0 Å². The Morgan fingerprint density at radius 1 is 1.28 bits per heavy atom. The van der Waals surface area contributed by atoms with Crippen molar-refractivity contribution in [3.8, 4) is 5.69 Å². The fraction of sp³-hybridized carbons (Fsp3) is 0.474. The summed E-state index contributed by atoms with van der Waals surface area (Å²) in [4.78, 5) is 14.1. The number of carbonyl (C=O) groups excluding carboxylic acids is 1. The highest BCUT2D eigenvalue weighted by Crippen LogP contribution is 2.52. The molecule has 0 spiro atoms. The minimum Gasteiger partial charge on any atom is -0.359 e. The molecule has 1 saturated heterocycles. The second-order valence-electron chi connectivity index (χ2n) is 7.27. The van der Waals surface area contributed by atoms with Crippen LogP contribution in [0.1, 0.15) is 17.0 Å². The molecule has 1 aliphatic heterocycles. The number of halogens is 1. The summed E-state index contributed by atoms with van der Waals surface area (Å²) in [6, 6.07) is 6.91. The molecule has 2 heterocycles. The van der Waals surface area contributed by atoms with E-state index >= 15 is 0 Å². The fourth-order valence-corrected chi connectivity index (χ4v) is 4.30. The number of nitrogens with zero attached hydrogens (tertiary/aromatic N) is 3. The number of hydrogen-bond donors (Lipinski definition) is 1. The van der Waals surface area contributed by atoms with Crippen LogP contribution in [0.25, 0.3) is 5.69 Å². The van der Waals surface area contributed by atoms with Gasteiger partial charge in [-0.2, -0.15) is 5.10 Å². The molecule has 4 rings (SSSR count). The minimum absolute atomic E-state index is 0.156. The number of fused-ring (bicyclic) bond motifs is 1. The van der Waals surface area contributed by atoms with Crippen molar-refractivity contribution in [3.63, 3.8) is 0 Å². The predicted molar refractivity (Wildman–Crippen MR) is 92.8 cm³/mol. The fourth-order valence-electron chi connectivity index (χ4n) is 4.30. The van der Waals surface area contributed by atoms with Gasteiger partial charge >= 0.3 is 0 Å². The lowest BCUT2D eigenvalue weighted by Crippen LogP contribution is -2.30. The van der Waals surface area contributed by atoms with Gasteiger partial charge in [-0.15, -0.1) is 0 Å². The maximum Gasteiger partial charge on any atom is 0.223 e. The maximum atomic E-state index is 13.8. The van der Waals surface area contributed by atoms with Gasteiger partial charge in [-0.25, -0.2) is 9.07 Å². The molecule has 1 aliphatic carbocycles. The van der Waals surface area contributed by atoms with E-state index in [0.717, 1.165) is 35.7 Å². The summed E-state index contributed by atoms with van der Waals surface area (Å²) >= 11 is 0. The van der Waals surface area contributed by atoms with Crippen molar-refractivity contribution in [1.82, 2.24) is 20.0 Å². The summed E-state index contributed by atoms with van der Waals surface area (Å²) in [5, 5.41) is 7.29. The summed E-state index contributed by atoms with van der Waals surface area (Å²) in [6.07, 6.45) is 0. The van der Waals surface area contributed by atoms with Crippen LogP contribution in [-0.4, -0.2) is 40.7 Å². The normalized spacial score (nSPS) is 25.0. The first kappa shape index (κ1) is 16.3. The molecule has 2 aromatic rings. The van der Waals surface area contributed by atoms with Crippen LogP contribution >= 0.6 is 0 Å². The lowest BCUT2D eigenvalue weighted by molar-refractivity contribution is -0.122. The second kappa shape index (κ2) is 5.95. The number of nitrogens with one attached hydrogen (secondary N) is 1. The third-order valence-corrected chi connectivity index (χ3v) is 5.49. The van der Waals surface area contributed by atoms with Crippen molar-refractivity contribution < 1.29 is 9.18 Å². The van der Waals surface area contributed by atoms with Crippen LogP contribution in [0.4, 0.5) is 4.39 Å². The Bertz CT molecular complexity index is 819. The van der Waals surface area contributed by atoms with Crippen molar-refractivity contribution >= 4 is 5.91 Å². The molecule has 1 amide bonds. The Hall–Kier alpha value is -2.21. The highest BCUT2D eigenvalue weighted by molar-refractivity contribution is 5.82. The highest BCUT2D eigenvalue weighted by Gasteiger charge is 2.58. The van der Waals surface area contributed by atoms with E-state index in [2.05, 4.69) is 15.3 Å². The van der Waals surface area contributed by atoms with E-state index in [0.29, 0.717) is 18.4 Å². The van der Waals surface area contributed by atoms with Gasteiger partial charge in [0, 0.05) is 38.3 Å². The van der Waals surface area contributed by atoms with E-state index in [1.807, 2.05) is 24.6 Å². The average Bonchev–Trinajstić information content (AvgIpc) is 2.89. The van der Waals surface area contributed by atoms with Crippen LogP contribution in [-0.2, 0) is 11.3 Å². The van der Waals surface area contributed by atoms with E-state index in [9.17, 15) is 9.18 Å². The van der Waals surface area contributed by atoms with Crippen molar-refractivity contribution in [3.05, 3.63) is 47.0 Å². The third-order valence-electron chi connectivity index (χ3n) is 5.49. The topological polar surface area (TPSA) is 50.2 Å². The Balaban J connectivity index is 1.53. The molecule has 1 saturated carbocycles. The summed E-state index contributed by atoms with van der Waals surface area (Å²) in [6.45, 7) is 6.44. The zero-order valence-corrected chi connectivity index (χ0v) is 14.8. The Morgan fingerprint density at radius 2 is 2.00 bits per heavy atom. The van der Waals surface area contributed by atoms with Crippen molar-refractivity contribution in [2.45, 2.75) is 20.4 Å². The van der Waals surface area contributed by atoms with Crippen molar-refractivity contribution in [2.75, 3.05) is 20.1 Å². The van der Waals surface area contributed by atoms with Gasteiger partial charge in [0.1, 0.15) is 5.82 Å². The molecule has 1 unspecified atom stereocenters. The maximum absolute atomic E-state index is 13.8. The monoisotopic (exact) mass is 342 g/mol. The first-order valence-electron chi connectivity index (χ1n) is 8.74. The molecule has 2 aliphatic rings. The molecule has 0 radical (unpaired) electrons. The predicted octanol–water partition coefficient (Wildman–Crippen LogP) is 2.05. The molecule has 1 N–H and O–H groups in total. The first-order chi connectivity index (χ1) is 12.0. The lowest BCUT2D eigenvalue weighted by Gasteiger charge is -2.21. The molecule has 3 atom stereocenters. The summed E-state index contributed by atoms with van der Waals surface area (Å²) < 4.78 is 15.7. The number of piperidine rings is 1. The van der Waals surface area contributed by atoms with Crippen LogP contribution < -0.4 is 5.32 Å². The SMILES string of the molecule is CNC(=O)C1[C@H]2CN(Cc3cc(F)ccc3-n3nc(C)cc3C)C[C@@H]12. The number of aryl methyl sites for hydroxylation is 2. The van der Waals surface area contributed by atoms with Crippen molar-refractivity contribution in [1.29, 1.82) is 0 Å². The van der Waals surface area contributed by atoms with Gasteiger partial charge < -0.3 is 5.32 Å². The van der Waals surface area contributed by atoms with E-state index < -0.39 is 0 Å². The second-order valence-corrected chi connectivity index (χ2v) is 7.27. The largest absolute Gasteiger partial charge is 0.359 e. The smallest absolute Gasteiger partial charge is 0.223 e. The Morgan fingerprint density at radius 3 is 2.60 bits per heavy atom. The molecular weight excluding hydrogens is 319 g/mol. The molecule has 132 valence electrons. The lowest BCUT2D eigenvalue weighted by atomic mass is 10.1. The molecule has 1 aromatic heterocycles. The van der Waals surface area contributed by atoms with Crippen LogP contribution in [0.15, 0.2) is 24.3 Å². The van der Waals surface area contributed by atoms with E-state index in [4.69, 9.17) is 0 Å². The van der Waals surface area contributed by atoms with Gasteiger partial charge in [0.15, 0.2) is 0 Å². The number of amides is 1. The van der Waals surface area contributed by atoms with E-state index in [1.165, 1.54) is 6.07 Å². The van der Waals surface area contributed by atoms with Gasteiger partial charge in [0.05, 0.1) is 11.4 Å². The number of aromatic nitrogens is 2. The minimum atomic E-state index is -0.229. The number of benzene rings is 1. The van der Waals surface area contributed by atoms with Gasteiger partial charge in [0.25, 0.3) is 0 Å². The Labute approximate surface area is 146 Å². The molecule has 1 aromatic carbocycles. The first-order valence-corrected chi connectivity index (χ1v) is 8.74. The third kappa shape index (κ3) is 2.84. The summed E-state index contributed by atoms with van der Waals surface area (Å²) in [5.74, 6) is 0.997. The zero-order chi connectivity index (χ0) is 17.7. The van der Waals surface area contributed by atoms with Gasteiger partial charge in [-0.1, -0.05) is 0 Å². The summed E-state index contributed by atoms with van der Waals surface area (Å²) in [5.41, 5.74) is 3.84. The number of likely N-dealkylation sites (tertiary alicyclic amines) is 1. The molecule has 0 bridgehead atoms. The molecule has 6 heteroatoms. The van der Waals surface area contributed by atoms with Crippen LogP contribution in [0, 0.1) is 37.4 Å². The zero-order valence-electron chi connectivity index (χ0n) is 14.8. The van der Waals surface area contributed by atoms with Gasteiger partial charge in [0.2, 0.25) is 5.91 Å². The van der Waals surface area contributed by atoms with Gasteiger partial charge in [-0.3, -0.25) is 9.69 Å². The summed E-state index contributed by atoms with van der Waals surface area (Å²) in [7, 11) is 1.70. The number of rotatable bonds is 4. The van der Waals surface area contributed by atoms with Crippen LogP contribution in [0.3, 0.4) is 0 Å². The number of hydrogen-bond acceptors (Lipinski definition) is 3. The van der Waals surface area contributed by atoms with Crippen LogP contribution in [0.2, 0.25) is 0 Å². The molecule has 2 fully saturated rings. The van der Waals surface area contributed by atoms with Gasteiger partial charge in [-0.05, 0) is 55.5 Å². The highest BCUT2D eigenvalue weighted by atomic mass is 19.1. The quantitative estimate of drug-likeness (QED) is 0.925. The number of carbonyl (C=O) groups is 1. The molecular formula is C19H23FN4O. The average molecular weight is 342 g/mol.